The van der Waals surface area contributed by atoms with Gasteiger partial charge in [0, 0.05) is 39.0 Å². The van der Waals surface area contributed by atoms with Gasteiger partial charge in [-0.05, 0) is 12.8 Å². The van der Waals surface area contributed by atoms with E-state index in [1.165, 1.54) is 86.8 Å². The minimum absolute atomic E-state index is 0.0595. The molecule has 0 unspecified atom stereocenters. The summed E-state index contributed by atoms with van der Waals surface area (Å²) in [6, 6.07) is 0. The van der Waals surface area contributed by atoms with Crippen LogP contribution >= 0.6 is 0 Å². The van der Waals surface area contributed by atoms with E-state index < -0.39 is 6.10 Å². The van der Waals surface area contributed by atoms with E-state index in [2.05, 4.69) is 13.8 Å². The number of carbonyl (C=O) groups excluding carboxylic acids is 2. The van der Waals surface area contributed by atoms with Gasteiger partial charge in [0.15, 0.2) is 0 Å². The lowest BCUT2D eigenvalue weighted by Crippen LogP contribution is -2.46. The maximum Gasteiger partial charge on any atom is 0.222 e. The van der Waals surface area contributed by atoms with Crippen molar-refractivity contribution in [1.29, 1.82) is 0 Å². The van der Waals surface area contributed by atoms with Crippen LogP contribution in [0.25, 0.3) is 0 Å². The molecule has 0 spiro atoms. The predicted molar refractivity (Wildman–Crippen MR) is 157 cm³/mol. The molecule has 0 aromatic rings. The van der Waals surface area contributed by atoms with Crippen LogP contribution in [0, 0.1) is 0 Å². The molecule has 2 amide bonds. The topological polar surface area (TPSA) is 101 Å². The van der Waals surface area contributed by atoms with Crippen LogP contribution < -0.4 is 0 Å². The van der Waals surface area contributed by atoms with Gasteiger partial charge in [-0.2, -0.15) is 0 Å². The third-order valence-electron chi connectivity index (χ3n) is 7.30. The van der Waals surface area contributed by atoms with Crippen LogP contribution in [0.4, 0.5) is 0 Å². The molecule has 0 aliphatic heterocycles. The Bertz CT molecular complexity index is 500. The van der Waals surface area contributed by atoms with Crippen LogP contribution in [0.5, 0.6) is 0 Å². The molecule has 3 N–H and O–H groups in total. The van der Waals surface area contributed by atoms with Gasteiger partial charge in [0.25, 0.3) is 0 Å². The van der Waals surface area contributed by atoms with Crippen molar-refractivity contribution in [1.82, 2.24) is 9.80 Å². The van der Waals surface area contributed by atoms with Gasteiger partial charge in [-0.15, -0.1) is 0 Å². The minimum Gasteiger partial charge on any atom is -0.395 e. The number of rotatable bonds is 28. The molecule has 0 aliphatic rings. The van der Waals surface area contributed by atoms with Gasteiger partial charge >= 0.3 is 0 Å². The summed E-state index contributed by atoms with van der Waals surface area (Å²) in [6.45, 7) is 4.66. The summed E-state index contributed by atoms with van der Waals surface area (Å²) in [4.78, 5) is 28.4. The first kappa shape index (κ1) is 36.8. The monoisotopic (exact) mass is 542 g/mol. The fourth-order valence-electron chi connectivity index (χ4n) is 4.93. The molecule has 0 aromatic heterocycles. The molecule has 0 aliphatic carbocycles. The number of aliphatic hydroxyl groups is 3. The van der Waals surface area contributed by atoms with Gasteiger partial charge in [0.1, 0.15) is 0 Å². The van der Waals surface area contributed by atoms with E-state index in [9.17, 15) is 24.9 Å². The van der Waals surface area contributed by atoms with Crippen LogP contribution in [-0.2, 0) is 9.59 Å². The number of hydrogen-bond donors (Lipinski definition) is 3. The van der Waals surface area contributed by atoms with Gasteiger partial charge in [-0.25, -0.2) is 0 Å². The minimum atomic E-state index is -0.910. The molecule has 7 heteroatoms. The average molecular weight is 543 g/mol. The second-order valence-electron chi connectivity index (χ2n) is 10.9. The summed E-state index contributed by atoms with van der Waals surface area (Å²) in [5.74, 6) is -0.119. The highest BCUT2D eigenvalue weighted by atomic mass is 16.3. The predicted octanol–water partition coefficient (Wildman–Crippen LogP) is 5.83. The largest absolute Gasteiger partial charge is 0.395 e. The van der Waals surface area contributed by atoms with E-state index >= 15 is 0 Å². The van der Waals surface area contributed by atoms with Crippen LogP contribution in [0.3, 0.4) is 0 Å². The summed E-state index contributed by atoms with van der Waals surface area (Å²) in [5.41, 5.74) is 0. The highest BCUT2D eigenvalue weighted by molar-refractivity contribution is 5.77. The third kappa shape index (κ3) is 21.7. The zero-order valence-electron chi connectivity index (χ0n) is 25.0. The molecule has 0 saturated carbocycles. The van der Waals surface area contributed by atoms with E-state index in [4.69, 9.17) is 0 Å². The molecule has 0 rings (SSSR count). The van der Waals surface area contributed by atoms with Crippen molar-refractivity contribution < 1.29 is 24.9 Å². The van der Waals surface area contributed by atoms with E-state index in [1.807, 2.05) is 0 Å². The number of nitrogens with zero attached hydrogens (tertiary/aromatic N) is 2. The summed E-state index contributed by atoms with van der Waals surface area (Å²) in [6.07, 6.45) is 21.2. The summed E-state index contributed by atoms with van der Waals surface area (Å²) in [5, 5.41) is 29.5. The third-order valence-corrected chi connectivity index (χ3v) is 7.30. The summed E-state index contributed by atoms with van der Waals surface area (Å²) < 4.78 is 0. The lowest BCUT2D eigenvalue weighted by atomic mass is 10.1. The Morgan fingerprint density at radius 1 is 0.526 bits per heavy atom. The van der Waals surface area contributed by atoms with Crippen molar-refractivity contribution in [3.63, 3.8) is 0 Å². The Kier molecular flexibility index (Phi) is 26.5. The highest BCUT2D eigenvalue weighted by Crippen LogP contribution is 2.13. The summed E-state index contributed by atoms with van der Waals surface area (Å²) >= 11 is 0. The van der Waals surface area contributed by atoms with Crippen molar-refractivity contribution >= 4 is 11.8 Å². The number of unbranched alkanes of at least 4 members (excludes halogenated alkanes) is 16. The van der Waals surface area contributed by atoms with E-state index in [1.54, 1.807) is 0 Å². The highest BCUT2D eigenvalue weighted by Gasteiger charge is 2.21. The van der Waals surface area contributed by atoms with Crippen molar-refractivity contribution in [2.75, 3.05) is 39.4 Å². The fourth-order valence-corrected chi connectivity index (χ4v) is 4.93. The zero-order valence-corrected chi connectivity index (χ0v) is 25.0. The number of carbonyl (C=O) groups is 2. The van der Waals surface area contributed by atoms with Gasteiger partial charge in [-0.3, -0.25) is 9.59 Å². The van der Waals surface area contributed by atoms with Gasteiger partial charge < -0.3 is 25.1 Å². The molecule has 0 radical (unpaired) electrons. The molecule has 0 bridgehead atoms. The Morgan fingerprint density at radius 2 is 0.816 bits per heavy atom. The second kappa shape index (κ2) is 27.4. The second-order valence-corrected chi connectivity index (χ2v) is 10.9. The van der Waals surface area contributed by atoms with Gasteiger partial charge in [0.2, 0.25) is 11.8 Å². The first-order chi connectivity index (χ1) is 18.5. The number of hydrogen-bond acceptors (Lipinski definition) is 5. The normalized spacial score (nSPS) is 11.3. The van der Waals surface area contributed by atoms with Crippen molar-refractivity contribution in [3.05, 3.63) is 0 Å². The smallest absolute Gasteiger partial charge is 0.222 e. The van der Waals surface area contributed by atoms with Crippen LogP contribution in [0.2, 0.25) is 0 Å². The fraction of sp³-hybridized carbons (Fsp3) is 0.935. The van der Waals surface area contributed by atoms with Crippen LogP contribution in [0.1, 0.15) is 142 Å². The van der Waals surface area contributed by atoms with E-state index in [0.717, 1.165) is 38.5 Å². The molecule has 0 saturated heterocycles. The standard InChI is InChI=1S/C31H62N2O5/c1-3-5-7-9-11-13-15-17-19-21-30(37)32(23-25-34)27-29(36)28-33(24-26-35)31(38)22-20-18-16-14-12-10-8-6-4-2/h29,34-36H,3-28H2,1-2H3. The van der Waals surface area contributed by atoms with Crippen molar-refractivity contribution in [2.45, 2.75) is 148 Å². The van der Waals surface area contributed by atoms with Crippen LogP contribution in [-0.4, -0.2) is 82.4 Å². The lowest BCUT2D eigenvalue weighted by molar-refractivity contribution is -0.135. The molecular weight excluding hydrogens is 480 g/mol. The molecular formula is C31H62N2O5. The molecule has 0 aromatic carbocycles. The average Bonchev–Trinajstić information content (AvgIpc) is 2.90. The number of aliphatic hydroxyl groups excluding tert-OH is 3. The molecule has 7 nitrogen and oxygen atoms in total. The molecule has 0 atom stereocenters. The molecule has 0 fully saturated rings. The SMILES string of the molecule is CCCCCCCCCCCC(=O)N(CCO)CC(O)CN(CCO)C(=O)CCCCCCCCCCC. The Labute approximate surface area is 234 Å². The summed E-state index contributed by atoms with van der Waals surface area (Å²) in [7, 11) is 0. The Hall–Kier alpha value is -1.18. The quantitative estimate of drug-likeness (QED) is 0.108. The Morgan fingerprint density at radius 3 is 1.11 bits per heavy atom. The van der Waals surface area contributed by atoms with E-state index in [-0.39, 0.29) is 51.2 Å². The van der Waals surface area contributed by atoms with Gasteiger partial charge in [0.05, 0.1) is 19.3 Å². The molecule has 226 valence electrons. The van der Waals surface area contributed by atoms with Crippen LogP contribution in [0.15, 0.2) is 0 Å². The van der Waals surface area contributed by atoms with Gasteiger partial charge in [-0.1, -0.05) is 117 Å². The maximum absolute atomic E-state index is 12.7. The first-order valence-corrected chi connectivity index (χ1v) is 15.9. The zero-order chi connectivity index (χ0) is 28.3. The first-order valence-electron chi connectivity index (χ1n) is 15.9. The van der Waals surface area contributed by atoms with E-state index in [0.29, 0.717) is 12.8 Å². The van der Waals surface area contributed by atoms with Crippen molar-refractivity contribution in [2.24, 2.45) is 0 Å². The molecule has 38 heavy (non-hydrogen) atoms. The Balaban J connectivity index is 4.30. The molecule has 0 heterocycles. The maximum atomic E-state index is 12.7. The lowest BCUT2D eigenvalue weighted by Gasteiger charge is -2.29. The van der Waals surface area contributed by atoms with Crippen molar-refractivity contribution in [3.8, 4) is 0 Å². The number of amides is 2.